The third-order valence-electron chi connectivity index (χ3n) is 2.58. The van der Waals surface area contributed by atoms with E-state index in [1.807, 2.05) is 0 Å². The van der Waals surface area contributed by atoms with Crippen LogP contribution in [0.4, 0.5) is 4.39 Å². The lowest BCUT2D eigenvalue weighted by Crippen LogP contribution is -2.26. The van der Waals surface area contributed by atoms with Crippen molar-refractivity contribution in [2.75, 3.05) is 7.05 Å². The van der Waals surface area contributed by atoms with Gasteiger partial charge in [0.1, 0.15) is 5.82 Å². The highest BCUT2D eigenvalue weighted by molar-refractivity contribution is 7.89. The van der Waals surface area contributed by atoms with E-state index in [4.69, 9.17) is 4.52 Å². The summed E-state index contributed by atoms with van der Waals surface area (Å²) in [7, 11) is -2.24. The Labute approximate surface area is 110 Å². The van der Waals surface area contributed by atoms with E-state index in [1.165, 1.54) is 19.2 Å². The third kappa shape index (κ3) is 2.99. The van der Waals surface area contributed by atoms with Crippen molar-refractivity contribution in [3.63, 3.8) is 0 Å². The summed E-state index contributed by atoms with van der Waals surface area (Å²) in [6.45, 7) is 1.82. The van der Waals surface area contributed by atoms with Crippen LogP contribution in [0.5, 0.6) is 0 Å². The molecule has 0 N–H and O–H groups in total. The smallest absolute Gasteiger partial charge is 0.243 e. The molecule has 5 nitrogen and oxygen atoms in total. The van der Waals surface area contributed by atoms with Crippen LogP contribution in [0, 0.1) is 12.7 Å². The zero-order valence-corrected chi connectivity index (χ0v) is 11.3. The predicted molar refractivity (Wildman–Crippen MR) is 66.3 cm³/mol. The van der Waals surface area contributed by atoms with Gasteiger partial charge in [-0.3, -0.25) is 0 Å². The first-order chi connectivity index (χ1) is 8.89. The largest absolute Gasteiger partial charge is 0.360 e. The molecule has 0 fully saturated rings. The molecule has 0 spiro atoms. The molecule has 0 bridgehead atoms. The molecule has 0 saturated heterocycles. The Bertz CT molecular complexity index is 665. The Balaban J connectivity index is 2.21. The first kappa shape index (κ1) is 13.7. The van der Waals surface area contributed by atoms with Gasteiger partial charge in [-0.05, 0) is 31.2 Å². The molecule has 1 aromatic heterocycles. The zero-order valence-electron chi connectivity index (χ0n) is 10.5. The fourth-order valence-electron chi connectivity index (χ4n) is 1.58. The molecule has 0 atom stereocenters. The van der Waals surface area contributed by atoms with Gasteiger partial charge in [0, 0.05) is 13.1 Å². The second-order valence-corrected chi connectivity index (χ2v) is 6.19. The molecule has 2 rings (SSSR count). The summed E-state index contributed by atoms with van der Waals surface area (Å²) in [5.74, 6) is -0.0295. The number of halogens is 1. The number of nitrogens with zero attached hydrogens (tertiary/aromatic N) is 2. The summed E-state index contributed by atoms with van der Waals surface area (Å²) in [6.07, 6.45) is 0. The van der Waals surface area contributed by atoms with Gasteiger partial charge in [0.05, 0.1) is 17.1 Å². The lowest BCUT2D eigenvalue weighted by Gasteiger charge is -2.15. The molecule has 0 amide bonds. The highest BCUT2D eigenvalue weighted by atomic mass is 32.2. The van der Waals surface area contributed by atoms with Crippen molar-refractivity contribution in [2.45, 2.75) is 18.4 Å². The van der Waals surface area contributed by atoms with Crippen molar-refractivity contribution in [1.29, 1.82) is 0 Å². The Morgan fingerprint density at radius 2 is 1.95 bits per heavy atom. The lowest BCUT2D eigenvalue weighted by atomic mass is 10.4. The summed E-state index contributed by atoms with van der Waals surface area (Å²) >= 11 is 0. The monoisotopic (exact) mass is 284 g/mol. The normalized spacial score (nSPS) is 12.0. The average molecular weight is 284 g/mol. The minimum atomic E-state index is -3.67. The van der Waals surface area contributed by atoms with Gasteiger partial charge in [-0.25, -0.2) is 12.8 Å². The van der Waals surface area contributed by atoms with Gasteiger partial charge in [0.2, 0.25) is 10.0 Å². The molecule has 0 radical (unpaired) electrons. The van der Waals surface area contributed by atoms with Crippen LogP contribution in [0.25, 0.3) is 0 Å². The van der Waals surface area contributed by atoms with Crippen molar-refractivity contribution >= 4 is 10.0 Å². The van der Waals surface area contributed by atoms with E-state index in [1.54, 1.807) is 13.0 Å². The molecular weight excluding hydrogens is 271 g/mol. The molecule has 0 unspecified atom stereocenters. The van der Waals surface area contributed by atoms with Crippen molar-refractivity contribution in [2.24, 2.45) is 0 Å². The van der Waals surface area contributed by atoms with Crippen molar-refractivity contribution < 1.29 is 17.3 Å². The molecule has 102 valence electrons. The minimum absolute atomic E-state index is 0.0348. The number of sulfonamides is 1. The van der Waals surface area contributed by atoms with Crippen LogP contribution in [-0.2, 0) is 16.6 Å². The second kappa shape index (κ2) is 5.10. The Hall–Kier alpha value is -1.73. The maximum absolute atomic E-state index is 12.8. The van der Waals surface area contributed by atoms with E-state index < -0.39 is 15.8 Å². The van der Waals surface area contributed by atoms with Crippen LogP contribution < -0.4 is 0 Å². The van der Waals surface area contributed by atoms with Gasteiger partial charge in [-0.1, -0.05) is 5.16 Å². The maximum Gasteiger partial charge on any atom is 0.243 e. The van der Waals surface area contributed by atoms with E-state index in [-0.39, 0.29) is 11.4 Å². The SMILES string of the molecule is Cc1cc(CN(C)S(=O)(=O)c2ccc(F)cc2)on1. The van der Waals surface area contributed by atoms with Gasteiger partial charge < -0.3 is 4.52 Å². The topological polar surface area (TPSA) is 63.4 Å². The van der Waals surface area contributed by atoms with E-state index in [0.29, 0.717) is 11.5 Å². The highest BCUT2D eigenvalue weighted by Crippen LogP contribution is 2.17. The van der Waals surface area contributed by atoms with Crippen molar-refractivity contribution in [1.82, 2.24) is 9.46 Å². The molecule has 0 saturated carbocycles. The Kier molecular flexibility index (Phi) is 3.68. The quantitative estimate of drug-likeness (QED) is 0.860. The standard InChI is InChI=1S/C12H13FN2O3S/c1-9-7-11(18-14-9)8-15(2)19(16,17)12-5-3-10(13)4-6-12/h3-7H,8H2,1-2H3. The summed E-state index contributed by atoms with van der Waals surface area (Å²) in [6, 6.07) is 6.34. The van der Waals surface area contributed by atoms with Crippen LogP contribution in [0.1, 0.15) is 11.5 Å². The molecule has 0 aliphatic rings. The fourth-order valence-corrected chi connectivity index (χ4v) is 2.72. The summed E-state index contributed by atoms with van der Waals surface area (Å²) in [5, 5.41) is 3.69. The predicted octanol–water partition coefficient (Wildman–Crippen LogP) is 1.94. The van der Waals surface area contributed by atoms with Crippen molar-refractivity contribution in [3.8, 4) is 0 Å². The summed E-state index contributed by atoms with van der Waals surface area (Å²) < 4.78 is 43.3. The first-order valence-electron chi connectivity index (χ1n) is 5.54. The number of hydrogen-bond donors (Lipinski definition) is 0. The zero-order chi connectivity index (χ0) is 14.0. The fraction of sp³-hybridized carbons (Fsp3) is 0.250. The first-order valence-corrected chi connectivity index (χ1v) is 6.98. The molecule has 0 aliphatic carbocycles. The number of rotatable bonds is 4. The molecule has 1 aromatic carbocycles. The van der Waals surface area contributed by atoms with Gasteiger partial charge >= 0.3 is 0 Å². The van der Waals surface area contributed by atoms with E-state index >= 15 is 0 Å². The molecular formula is C12H13FN2O3S. The number of benzene rings is 1. The number of aromatic nitrogens is 1. The summed E-state index contributed by atoms with van der Waals surface area (Å²) in [5.41, 5.74) is 0.683. The van der Waals surface area contributed by atoms with Gasteiger partial charge in [0.25, 0.3) is 0 Å². The Morgan fingerprint density at radius 1 is 1.32 bits per heavy atom. The minimum Gasteiger partial charge on any atom is -0.360 e. The van der Waals surface area contributed by atoms with Crippen LogP contribution in [0.3, 0.4) is 0 Å². The lowest BCUT2D eigenvalue weighted by molar-refractivity contribution is 0.341. The van der Waals surface area contributed by atoms with Crippen molar-refractivity contribution in [3.05, 3.63) is 47.6 Å². The summed E-state index contributed by atoms with van der Waals surface area (Å²) in [4.78, 5) is 0.0348. The number of aryl methyl sites for hydroxylation is 1. The third-order valence-corrected chi connectivity index (χ3v) is 4.39. The average Bonchev–Trinajstić information content (AvgIpc) is 2.75. The molecule has 0 aliphatic heterocycles. The van der Waals surface area contributed by atoms with E-state index in [2.05, 4.69) is 5.16 Å². The molecule has 2 aromatic rings. The maximum atomic E-state index is 12.8. The van der Waals surface area contributed by atoms with Crippen LogP contribution in [0.2, 0.25) is 0 Å². The van der Waals surface area contributed by atoms with Gasteiger partial charge in [0.15, 0.2) is 5.76 Å². The van der Waals surface area contributed by atoms with Crippen LogP contribution in [0.15, 0.2) is 39.8 Å². The van der Waals surface area contributed by atoms with E-state index in [9.17, 15) is 12.8 Å². The highest BCUT2D eigenvalue weighted by Gasteiger charge is 2.22. The van der Waals surface area contributed by atoms with Gasteiger partial charge in [-0.15, -0.1) is 0 Å². The Morgan fingerprint density at radius 3 is 2.47 bits per heavy atom. The second-order valence-electron chi connectivity index (χ2n) is 4.15. The van der Waals surface area contributed by atoms with Crippen LogP contribution >= 0.6 is 0 Å². The molecule has 19 heavy (non-hydrogen) atoms. The van der Waals surface area contributed by atoms with Gasteiger partial charge in [-0.2, -0.15) is 4.31 Å². The number of hydrogen-bond acceptors (Lipinski definition) is 4. The molecule has 1 heterocycles. The van der Waals surface area contributed by atoms with Crippen LogP contribution in [-0.4, -0.2) is 24.9 Å². The van der Waals surface area contributed by atoms with E-state index in [0.717, 1.165) is 16.4 Å². The molecule has 7 heteroatoms.